The fraction of sp³-hybridized carbons (Fsp3) is 0.294. The molecule has 1 aliphatic heterocycles. The number of rotatable bonds is 3. The van der Waals surface area contributed by atoms with Gasteiger partial charge in [0.2, 0.25) is 0 Å². The van der Waals surface area contributed by atoms with Gasteiger partial charge in [-0.2, -0.15) is 0 Å². The van der Waals surface area contributed by atoms with E-state index < -0.39 is 0 Å². The molecule has 0 unspecified atom stereocenters. The first-order valence-electron chi connectivity index (χ1n) is 6.86. The Kier molecular flexibility index (Phi) is 3.60. The van der Waals surface area contributed by atoms with Crippen molar-refractivity contribution in [2.45, 2.75) is 25.4 Å². The molecule has 0 aromatic heterocycles. The van der Waals surface area contributed by atoms with Crippen LogP contribution in [0.1, 0.15) is 30.0 Å². The highest BCUT2D eigenvalue weighted by atomic mass is 19.1. The smallest absolute Gasteiger partial charge is 0.123 e. The van der Waals surface area contributed by atoms with Crippen molar-refractivity contribution in [2.24, 2.45) is 0 Å². The van der Waals surface area contributed by atoms with Crippen LogP contribution in [0.25, 0.3) is 0 Å². The second-order valence-corrected chi connectivity index (χ2v) is 5.17. The van der Waals surface area contributed by atoms with Crippen LogP contribution in [-0.4, -0.2) is 11.4 Å². The van der Waals surface area contributed by atoms with E-state index in [2.05, 4.69) is 29.2 Å². The Balaban J connectivity index is 1.78. The molecule has 98 valence electrons. The standard InChI is InChI=1S/C17H18FN/c18-16-9-4-8-15(12-16)17-10-5-11-19(17)13-14-6-2-1-3-7-14/h1-4,6-9,12,17H,5,10-11,13H2/t17-/m1/s1. The van der Waals surface area contributed by atoms with E-state index in [4.69, 9.17) is 0 Å². The number of likely N-dealkylation sites (tertiary alicyclic amines) is 1. The lowest BCUT2D eigenvalue weighted by Gasteiger charge is -2.25. The van der Waals surface area contributed by atoms with E-state index in [1.54, 1.807) is 6.07 Å². The SMILES string of the molecule is Fc1cccc([C@H]2CCCN2Cc2ccccc2)c1. The van der Waals surface area contributed by atoms with E-state index in [-0.39, 0.29) is 5.82 Å². The molecule has 2 heteroatoms. The van der Waals surface area contributed by atoms with Crippen molar-refractivity contribution in [1.29, 1.82) is 0 Å². The average molecular weight is 255 g/mol. The molecule has 0 aliphatic carbocycles. The molecule has 0 N–H and O–H groups in total. The van der Waals surface area contributed by atoms with E-state index in [0.29, 0.717) is 6.04 Å². The van der Waals surface area contributed by atoms with Crippen LogP contribution in [0.4, 0.5) is 4.39 Å². The van der Waals surface area contributed by atoms with Gasteiger partial charge < -0.3 is 0 Å². The normalized spacial score (nSPS) is 19.7. The van der Waals surface area contributed by atoms with Gasteiger partial charge in [-0.05, 0) is 42.6 Å². The molecular formula is C17H18FN. The van der Waals surface area contributed by atoms with E-state index in [1.165, 1.54) is 18.1 Å². The maximum atomic E-state index is 13.4. The summed E-state index contributed by atoms with van der Waals surface area (Å²) in [6.07, 6.45) is 2.31. The van der Waals surface area contributed by atoms with Crippen molar-refractivity contribution >= 4 is 0 Å². The Morgan fingerprint density at radius 2 is 1.89 bits per heavy atom. The lowest BCUT2D eigenvalue weighted by atomic mass is 10.0. The Labute approximate surface area is 113 Å². The molecule has 1 aliphatic rings. The zero-order valence-electron chi connectivity index (χ0n) is 10.9. The second-order valence-electron chi connectivity index (χ2n) is 5.17. The summed E-state index contributed by atoms with van der Waals surface area (Å²) in [6.45, 7) is 2.04. The molecule has 19 heavy (non-hydrogen) atoms. The number of nitrogens with zero attached hydrogens (tertiary/aromatic N) is 1. The minimum absolute atomic E-state index is 0.135. The lowest BCUT2D eigenvalue weighted by molar-refractivity contribution is 0.248. The van der Waals surface area contributed by atoms with Gasteiger partial charge in [0.15, 0.2) is 0 Å². The van der Waals surface area contributed by atoms with Gasteiger partial charge in [0, 0.05) is 12.6 Å². The van der Waals surface area contributed by atoms with E-state index >= 15 is 0 Å². The summed E-state index contributed by atoms with van der Waals surface area (Å²) in [5, 5.41) is 0. The van der Waals surface area contributed by atoms with Gasteiger partial charge in [-0.3, -0.25) is 4.90 Å². The van der Waals surface area contributed by atoms with Crippen LogP contribution in [0.2, 0.25) is 0 Å². The predicted octanol–water partition coefficient (Wildman–Crippen LogP) is 4.16. The summed E-state index contributed by atoms with van der Waals surface area (Å²) in [6, 6.07) is 17.9. The maximum absolute atomic E-state index is 13.4. The summed E-state index contributed by atoms with van der Waals surface area (Å²) in [5.41, 5.74) is 2.43. The van der Waals surface area contributed by atoms with Crippen LogP contribution in [0.15, 0.2) is 54.6 Å². The van der Waals surface area contributed by atoms with E-state index in [1.807, 2.05) is 18.2 Å². The Morgan fingerprint density at radius 3 is 2.68 bits per heavy atom. The highest BCUT2D eigenvalue weighted by molar-refractivity contribution is 5.22. The van der Waals surface area contributed by atoms with Crippen LogP contribution in [-0.2, 0) is 6.54 Å². The molecule has 2 aromatic rings. The van der Waals surface area contributed by atoms with Gasteiger partial charge in [-0.25, -0.2) is 4.39 Å². The molecule has 2 aromatic carbocycles. The topological polar surface area (TPSA) is 3.24 Å². The Morgan fingerprint density at radius 1 is 1.05 bits per heavy atom. The molecule has 1 atom stereocenters. The fourth-order valence-corrected chi connectivity index (χ4v) is 2.92. The summed E-state index contributed by atoms with van der Waals surface area (Å²) in [7, 11) is 0. The van der Waals surface area contributed by atoms with Gasteiger partial charge in [0.05, 0.1) is 0 Å². The van der Waals surface area contributed by atoms with Crippen molar-refractivity contribution in [1.82, 2.24) is 4.90 Å². The number of benzene rings is 2. The molecule has 1 heterocycles. The lowest BCUT2D eigenvalue weighted by Crippen LogP contribution is -2.22. The van der Waals surface area contributed by atoms with Crippen LogP contribution in [0, 0.1) is 5.82 Å². The molecule has 0 amide bonds. The van der Waals surface area contributed by atoms with Crippen LogP contribution < -0.4 is 0 Å². The Bertz CT molecular complexity index is 538. The predicted molar refractivity (Wildman–Crippen MR) is 75.2 cm³/mol. The van der Waals surface area contributed by atoms with Crippen LogP contribution >= 0.6 is 0 Å². The molecule has 3 rings (SSSR count). The van der Waals surface area contributed by atoms with Gasteiger partial charge in [0.25, 0.3) is 0 Å². The van der Waals surface area contributed by atoms with Gasteiger partial charge in [0.1, 0.15) is 5.82 Å². The average Bonchev–Trinajstić information content (AvgIpc) is 2.88. The minimum atomic E-state index is -0.135. The third-order valence-electron chi connectivity index (χ3n) is 3.83. The van der Waals surface area contributed by atoms with Crippen molar-refractivity contribution < 1.29 is 4.39 Å². The van der Waals surface area contributed by atoms with Crippen molar-refractivity contribution in [2.75, 3.05) is 6.54 Å². The first kappa shape index (κ1) is 12.4. The van der Waals surface area contributed by atoms with Crippen molar-refractivity contribution in [3.8, 4) is 0 Å². The molecule has 0 spiro atoms. The largest absolute Gasteiger partial charge is 0.292 e. The number of halogens is 1. The third kappa shape index (κ3) is 2.85. The molecular weight excluding hydrogens is 237 g/mol. The zero-order valence-corrected chi connectivity index (χ0v) is 10.9. The molecule has 1 saturated heterocycles. The minimum Gasteiger partial charge on any atom is -0.292 e. The van der Waals surface area contributed by atoms with Crippen molar-refractivity contribution in [3.05, 3.63) is 71.5 Å². The summed E-state index contributed by atoms with van der Waals surface area (Å²) in [5.74, 6) is -0.135. The first-order chi connectivity index (χ1) is 9.33. The maximum Gasteiger partial charge on any atom is 0.123 e. The quantitative estimate of drug-likeness (QED) is 0.796. The first-order valence-corrected chi connectivity index (χ1v) is 6.86. The highest BCUT2D eigenvalue weighted by Crippen LogP contribution is 2.33. The fourth-order valence-electron chi connectivity index (χ4n) is 2.92. The third-order valence-corrected chi connectivity index (χ3v) is 3.83. The summed E-state index contributed by atoms with van der Waals surface area (Å²) >= 11 is 0. The van der Waals surface area contributed by atoms with Gasteiger partial charge >= 0.3 is 0 Å². The number of hydrogen-bond acceptors (Lipinski definition) is 1. The highest BCUT2D eigenvalue weighted by Gasteiger charge is 2.25. The van der Waals surface area contributed by atoms with E-state index in [0.717, 1.165) is 25.1 Å². The van der Waals surface area contributed by atoms with Gasteiger partial charge in [-0.15, -0.1) is 0 Å². The molecule has 0 saturated carbocycles. The van der Waals surface area contributed by atoms with Crippen molar-refractivity contribution in [3.63, 3.8) is 0 Å². The van der Waals surface area contributed by atoms with Crippen LogP contribution in [0.5, 0.6) is 0 Å². The van der Waals surface area contributed by atoms with Crippen LogP contribution in [0.3, 0.4) is 0 Å². The zero-order chi connectivity index (χ0) is 13.1. The second kappa shape index (κ2) is 5.54. The molecule has 1 nitrogen and oxygen atoms in total. The van der Waals surface area contributed by atoms with Gasteiger partial charge in [-0.1, -0.05) is 42.5 Å². The summed E-state index contributed by atoms with van der Waals surface area (Å²) in [4.78, 5) is 2.45. The number of hydrogen-bond donors (Lipinski definition) is 0. The molecule has 0 bridgehead atoms. The van der Waals surface area contributed by atoms with E-state index in [9.17, 15) is 4.39 Å². The summed E-state index contributed by atoms with van der Waals surface area (Å²) < 4.78 is 13.4. The molecule has 0 radical (unpaired) electrons. The monoisotopic (exact) mass is 255 g/mol. The molecule has 1 fully saturated rings. The Hall–Kier alpha value is -1.67.